The van der Waals surface area contributed by atoms with Crippen LogP contribution in [-0.4, -0.2) is 37.7 Å². The summed E-state index contributed by atoms with van der Waals surface area (Å²) in [5.41, 5.74) is 6.47. The van der Waals surface area contributed by atoms with Crippen molar-refractivity contribution in [2.24, 2.45) is 5.73 Å². The summed E-state index contributed by atoms with van der Waals surface area (Å²) in [6, 6.07) is 3.57. The highest BCUT2D eigenvalue weighted by molar-refractivity contribution is 5.97. The van der Waals surface area contributed by atoms with Gasteiger partial charge >= 0.3 is 12.0 Å². The van der Waals surface area contributed by atoms with Crippen molar-refractivity contribution in [3.05, 3.63) is 23.8 Å². The number of carbonyl (C=O) groups is 3. The number of amides is 3. The zero-order valence-electron chi connectivity index (χ0n) is 14.8. The van der Waals surface area contributed by atoms with Gasteiger partial charge in [-0.25, -0.2) is 9.59 Å². The standard InChI is InChI=1S/C17H25N3O5/c1-4-5-6-14(20-17(18)23)16(22)19-13-8-7-12(9-11(13)2)25-10-15(21)24-3/h7-9,14H,4-6,10H2,1-3H3,(H,19,22)(H3,18,20,23). The van der Waals surface area contributed by atoms with Crippen molar-refractivity contribution in [2.75, 3.05) is 19.0 Å². The van der Waals surface area contributed by atoms with Gasteiger partial charge in [-0.1, -0.05) is 19.8 Å². The fourth-order valence-corrected chi connectivity index (χ4v) is 2.14. The van der Waals surface area contributed by atoms with Gasteiger partial charge in [0.15, 0.2) is 6.61 Å². The van der Waals surface area contributed by atoms with Gasteiger partial charge in [0.25, 0.3) is 0 Å². The Morgan fingerprint density at radius 2 is 2.00 bits per heavy atom. The van der Waals surface area contributed by atoms with Gasteiger partial charge in [0, 0.05) is 5.69 Å². The van der Waals surface area contributed by atoms with Crippen LogP contribution in [0.1, 0.15) is 31.7 Å². The summed E-state index contributed by atoms with van der Waals surface area (Å²) < 4.78 is 9.79. The number of esters is 1. The Hall–Kier alpha value is -2.77. The number of urea groups is 1. The first kappa shape index (κ1) is 20.3. The minimum absolute atomic E-state index is 0.191. The first-order valence-electron chi connectivity index (χ1n) is 8.04. The summed E-state index contributed by atoms with van der Waals surface area (Å²) in [4.78, 5) is 34.5. The van der Waals surface area contributed by atoms with Gasteiger partial charge in [-0.2, -0.15) is 0 Å². The first-order chi connectivity index (χ1) is 11.9. The summed E-state index contributed by atoms with van der Waals surface area (Å²) in [7, 11) is 1.28. The third kappa shape index (κ3) is 7.11. The maximum atomic E-state index is 12.4. The summed E-state index contributed by atoms with van der Waals surface area (Å²) >= 11 is 0. The summed E-state index contributed by atoms with van der Waals surface area (Å²) in [5.74, 6) is -0.330. The Balaban J connectivity index is 2.74. The molecule has 3 amide bonds. The minimum Gasteiger partial charge on any atom is -0.482 e. The van der Waals surface area contributed by atoms with Crippen LogP contribution >= 0.6 is 0 Å². The molecular formula is C17H25N3O5. The normalized spacial score (nSPS) is 11.3. The predicted molar refractivity (Wildman–Crippen MR) is 93.4 cm³/mol. The topological polar surface area (TPSA) is 120 Å². The van der Waals surface area contributed by atoms with E-state index in [4.69, 9.17) is 10.5 Å². The number of hydrogen-bond acceptors (Lipinski definition) is 5. The molecule has 0 spiro atoms. The van der Waals surface area contributed by atoms with E-state index in [0.29, 0.717) is 17.9 Å². The predicted octanol–water partition coefficient (Wildman–Crippen LogP) is 1.71. The fraction of sp³-hybridized carbons (Fsp3) is 0.471. The van der Waals surface area contributed by atoms with Gasteiger partial charge in [-0.3, -0.25) is 4.79 Å². The molecule has 0 bridgehead atoms. The van der Waals surface area contributed by atoms with Crippen LogP contribution in [0.5, 0.6) is 5.75 Å². The van der Waals surface area contributed by atoms with E-state index >= 15 is 0 Å². The molecule has 1 aromatic carbocycles. The second-order valence-electron chi connectivity index (χ2n) is 5.53. The number of primary amides is 1. The molecule has 1 unspecified atom stereocenters. The van der Waals surface area contributed by atoms with Gasteiger partial charge in [-0.15, -0.1) is 0 Å². The maximum Gasteiger partial charge on any atom is 0.343 e. The maximum absolute atomic E-state index is 12.4. The Morgan fingerprint density at radius 1 is 1.28 bits per heavy atom. The van der Waals surface area contributed by atoms with E-state index in [1.54, 1.807) is 25.1 Å². The second-order valence-corrected chi connectivity index (χ2v) is 5.53. The van der Waals surface area contributed by atoms with E-state index < -0.39 is 18.0 Å². The fourth-order valence-electron chi connectivity index (χ4n) is 2.14. The van der Waals surface area contributed by atoms with Crippen LogP contribution in [-0.2, 0) is 14.3 Å². The van der Waals surface area contributed by atoms with Crippen molar-refractivity contribution in [3.63, 3.8) is 0 Å². The third-order valence-electron chi connectivity index (χ3n) is 3.52. The molecular weight excluding hydrogens is 326 g/mol. The number of aryl methyl sites for hydroxylation is 1. The Labute approximate surface area is 147 Å². The molecule has 0 aliphatic rings. The van der Waals surface area contributed by atoms with E-state index in [1.165, 1.54) is 7.11 Å². The molecule has 0 aliphatic heterocycles. The van der Waals surface area contributed by atoms with Gasteiger partial charge in [0.1, 0.15) is 11.8 Å². The van der Waals surface area contributed by atoms with E-state index in [9.17, 15) is 14.4 Å². The molecule has 8 heteroatoms. The average Bonchev–Trinajstić information content (AvgIpc) is 2.58. The van der Waals surface area contributed by atoms with E-state index in [-0.39, 0.29) is 12.5 Å². The minimum atomic E-state index is -0.737. The molecule has 8 nitrogen and oxygen atoms in total. The number of nitrogens with two attached hydrogens (primary N) is 1. The van der Waals surface area contributed by atoms with Crippen molar-refractivity contribution >= 4 is 23.6 Å². The Bertz CT molecular complexity index is 618. The van der Waals surface area contributed by atoms with E-state index in [1.807, 2.05) is 6.92 Å². The number of benzene rings is 1. The molecule has 0 radical (unpaired) electrons. The monoisotopic (exact) mass is 351 g/mol. The SMILES string of the molecule is CCCCC(NC(N)=O)C(=O)Nc1ccc(OCC(=O)OC)cc1C. The van der Waals surface area contributed by atoms with Crippen LogP contribution in [0, 0.1) is 6.92 Å². The first-order valence-corrected chi connectivity index (χ1v) is 8.04. The molecule has 0 saturated carbocycles. The lowest BCUT2D eigenvalue weighted by molar-refractivity contribution is -0.142. The van der Waals surface area contributed by atoms with Crippen molar-refractivity contribution in [1.82, 2.24) is 5.32 Å². The number of anilines is 1. The molecule has 4 N–H and O–H groups in total. The van der Waals surface area contributed by atoms with Crippen molar-refractivity contribution < 1.29 is 23.9 Å². The average molecular weight is 351 g/mol. The largest absolute Gasteiger partial charge is 0.482 e. The third-order valence-corrected chi connectivity index (χ3v) is 3.52. The van der Waals surface area contributed by atoms with Gasteiger partial charge in [-0.05, 0) is 37.1 Å². The molecule has 0 saturated heterocycles. The number of unbranched alkanes of at least 4 members (excludes halogenated alkanes) is 1. The molecule has 0 fully saturated rings. The molecule has 0 aromatic heterocycles. The molecule has 1 rings (SSSR count). The van der Waals surface area contributed by atoms with Crippen LogP contribution in [0.2, 0.25) is 0 Å². The van der Waals surface area contributed by atoms with Crippen molar-refractivity contribution in [2.45, 2.75) is 39.2 Å². The van der Waals surface area contributed by atoms with Gasteiger partial charge in [0.05, 0.1) is 7.11 Å². The molecule has 138 valence electrons. The molecule has 0 heterocycles. The highest BCUT2D eigenvalue weighted by Gasteiger charge is 2.20. The number of methoxy groups -OCH3 is 1. The number of carbonyl (C=O) groups excluding carboxylic acids is 3. The molecule has 25 heavy (non-hydrogen) atoms. The van der Waals surface area contributed by atoms with Crippen LogP contribution in [0.3, 0.4) is 0 Å². The Morgan fingerprint density at radius 3 is 2.56 bits per heavy atom. The summed E-state index contributed by atoms with van der Waals surface area (Å²) in [6.45, 7) is 3.60. The highest BCUT2D eigenvalue weighted by Crippen LogP contribution is 2.22. The lowest BCUT2D eigenvalue weighted by Gasteiger charge is -2.18. The summed E-state index contributed by atoms with van der Waals surface area (Å²) in [5, 5.41) is 5.23. The van der Waals surface area contributed by atoms with Crippen molar-refractivity contribution in [1.29, 1.82) is 0 Å². The van der Waals surface area contributed by atoms with Crippen LogP contribution in [0.4, 0.5) is 10.5 Å². The number of rotatable bonds is 9. The van der Waals surface area contributed by atoms with E-state index in [0.717, 1.165) is 18.4 Å². The van der Waals surface area contributed by atoms with Crippen LogP contribution < -0.4 is 21.1 Å². The smallest absolute Gasteiger partial charge is 0.343 e. The number of hydrogen-bond donors (Lipinski definition) is 3. The second kappa shape index (κ2) is 10.2. The quantitative estimate of drug-likeness (QED) is 0.585. The Kier molecular flexibility index (Phi) is 8.25. The molecule has 1 atom stereocenters. The van der Waals surface area contributed by atoms with E-state index in [2.05, 4.69) is 15.4 Å². The summed E-state index contributed by atoms with van der Waals surface area (Å²) in [6.07, 6.45) is 2.19. The van der Waals surface area contributed by atoms with Gasteiger partial charge in [0.2, 0.25) is 5.91 Å². The van der Waals surface area contributed by atoms with Crippen LogP contribution in [0.25, 0.3) is 0 Å². The van der Waals surface area contributed by atoms with Crippen LogP contribution in [0.15, 0.2) is 18.2 Å². The lowest BCUT2D eigenvalue weighted by Crippen LogP contribution is -2.46. The number of nitrogens with one attached hydrogen (secondary N) is 2. The van der Waals surface area contributed by atoms with Crippen molar-refractivity contribution in [3.8, 4) is 5.75 Å². The zero-order chi connectivity index (χ0) is 18.8. The number of ether oxygens (including phenoxy) is 2. The highest BCUT2D eigenvalue weighted by atomic mass is 16.6. The van der Waals surface area contributed by atoms with Gasteiger partial charge < -0.3 is 25.8 Å². The zero-order valence-corrected chi connectivity index (χ0v) is 14.8. The molecule has 0 aliphatic carbocycles. The lowest BCUT2D eigenvalue weighted by atomic mass is 10.1. The molecule has 1 aromatic rings.